The average molecular weight is 622 g/mol. The Bertz CT molecular complexity index is 2030. The van der Waals surface area contributed by atoms with Crippen LogP contribution in [0, 0.1) is 6.92 Å². The van der Waals surface area contributed by atoms with Crippen LogP contribution >= 0.6 is 0 Å². The second kappa shape index (κ2) is 11.4. The van der Waals surface area contributed by atoms with Crippen LogP contribution in [0.5, 0.6) is 0 Å². The first-order valence-electron chi connectivity index (χ1n) is 13.5. The molecule has 6 rings (SSSR count). The summed E-state index contributed by atoms with van der Waals surface area (Å²) in [5.74, 6) is 0.738. The van der Waals surface area contributed by atoms with Gasteiger partial charge in [-0.15, -0.1) is 0 Å². The smallest absolute Gasteiger partial charge is 0.392 e. The number of hydrogen-bond donors (Lipinski definition) is 3. The first-order valence-corrected chi connectivity index (χ1v) is 15.2. The minimum atomic E-state index is -4.61. The molecule has 14 heteroatoms. The summed E-state index contributed by atoms with van der Waals surface area (Å²) >= 11 is 0. The van der Waals surface area contributed by atoms with Crippen molar-refractivity contribution in [2.75, 3.05) is 16.6 Å². The number of fused-ring (bicyclic) bond motifs is 3. The molecule has 0 radical (unpaired) electrons. The number of aliphatic hydroxyl groups is 1. The Labute approximate surface area is 250 Å². The molecule has 0 amide bonds. The number of nitrogens with zero attached hydrogens (tertiary/aromatic N) is 5. The van der Waals surface area contributed by atoms with E-state index in [4.69, 9.17) is 4.98 Å². The highest BCUT2D eigenvalue weighted by molar-refractivity contribution is 7.91. The molecule has 3 aliphatic heterocycles. The van der Waals surface area contributed by atoms with Gasteiger partial charge >= 0.3 is 6.18 Å². The molecule has 1 aromatic heterocycles. The molecule has 2 aromatic carbocycles. The lowest BCUT2D eigenvalue weighted by atomic mass is 9.98. The van der Waals surface area contributed by atoms with Crippen LogP contribution in [0.15, 0.2) is 78.0 Å². The van der Waals surface area contributed by atoms with Crippen molar-refractivity contribution in [3.8, 4) is 22.5 Å². The highest BCUT2D eigenvalue weighted by atomic mass is 32.2. The molecule has 10 nitrogen and oxygen atoms in total. The predicted molar refractivity (Wildman–Crippen MR) is 158 cm³/mol. The molecule has 0 fully saturated rings. The molecule has 0 aliphatic carbocycles. The molecule has 3 aromatic rings. The first-order chi connectivity index (χ1) is 21.0. The number of hydrogen-bond acceptors (Lipinski definition) is 8. The topological polar surface area (TPSA) is 134 Å². The Morgan fingerprint density at radius 2 is 1.91 bits per heavy atom. The van der Waals surface area contributed by atoms with Gasteiger partial charge in [-0.3, -0.25) is 9.71 Å². The molecule has 44 heavy (non-hydrogen) atoms. The summed E-state index contributed by atoms with van der Waals surface area (Å²) in [7, 11) is -4.09. The maximum atomic E-state index is 13.1. The Kier molecular flexibility index (Phi) is 7.55. The molecule has 0 saturated carbocycles. The maximum Gasteiger partial charge on any atom is 0.416 e. The van der Waals surface area contributed by atoms with Crippen LogP contribution in [0.1, 0.15) is 22.4 Å². The number of rotatable bonds is 7. The van der Waals surface area contributed by atoms with Crippen molar-refractivity contribution in [2.45, 2.75) is 32.0 Å². The van der Waals surface area contributed by atoms with E-state index in [2.05, 4.69) is 25.0 Å². The third-order valence-electron chi connectivity index (χ3n) is 7.10. The van der Waals surface area contributed by atoms with Crippen LogP contribution in [-0.4, -0.2) is 39.6 Å². The van der Waals surface area contributed by atoms with Crippen LogP contribution in [-0.2, 0) is 35.1 Å². The van der Waals surface area contributed by atoms with Crippen LogP contribution in [0.4, 0.5) is 30.4 Å². The van der Waals surface area contributed by atoms with Gasteiger partial charge in [0.15, 0.2) is 0 Å². The van der Waals surface area contributed by atoms with Gasteiger partial charge in [-0.05, 0) is 66.1 Å². The highest BCUT2D eigenvalue weighted by Gasteiger charge is 2.31. The summed E-state index contributed by atoms with van der Waals surface area (Å²) in [5, 5.41) is 12.8. The fourth-order valence-electron chi connectivity index (χ4n) is 5.08. The van der Waals surface area contributed by atoms with Gasteiger partial charge in [-0.2, -0.15) is 18.2 Å². The molecule has 0 saturated heterocycles. The molecule has 0 unspecified atom stereocenters. The van der Waals surface area contributed by atoms with Gasteiger partial charge in [-0.1, -0.05) is 18.2 Å². The predicted octanol–water partition coefficient (Wildman–Crippen LogP) is 4.86. The van der Waals surface area contributed by atoms with Crippen molar-refractivity contribution in [2.24, 2.45) is 4.99 Å². The number of pyridine rings is 2. The fraction of sp³-hybridized carbons (Fsp3) is 0.200. The first kappa shape index (κ1) is 29.3. The molecule has 0 spiro atoms. The molecule has 226 valence electrons. The van der Waals surface area contributed by atoms with Gasteiger partial charge < -0.3 is 15.0 Å². The Balaban J connectivity index is 1.34. The summed E-state index contributed by atoms with van der Waals surface area (Å²) < 4.78 is 69.7. The van der Waals surface area contributed by atoms with Gasteiger partial charge in [0.1, 0.15) is 17.4 Å². The van der Waals surface area contributed by atoms with Gasteiger partial charge in [0.25, 0.3) is 5.62 Å². The van der Waals surface area contributed by atoms with E-state index in [0.29, 0.717) is 24.6 Å². The van der Waals surface area contributed by atoms with Crippen LogP contribution in [0.3, 0.4) is 0 Å². The Hall–Kier alpha value is -4.82. The van der Waals surface area contributed by atoms with Crippen molar-refractivity contribution < 1.29 is 26.7 Å². The summed E-state index contributed by atoms with van der Waals surface area (Å²) in [6.07, 6.45) is -1.99. The third kappa shape index (κ3) is 6.12. The number of nitrogens with one attached hydrogen (secondary N) is 2. The van der Waals surface area contributed by atoms with Gasteiger partial charge in [0.05, 0.1) is 23.6 Å². The van der Waals surface area contributed by atoms with Gasteiger partial charge in [0.2, 0.25) is 10.0 Å². The quantitative estimate of drug-likeness (QED) is 0.236. The van der Waals surface area contributed by atoms with E-state index in [1.165, 1.54) is 0 Å². The lowest BCUT2D eigenvalue weighted by Gasteiger charge is -2.19. The average Bonchev–Trinajstić information content (AvgIpc) is 3.48. The lowest BCUT2D eigenvalue weighted by Crippen LogP contribution is -2.18. The van der Waals surface area contributed by atoms with Crippen molar-refractivity contribution >= 4 is 27.2 Å². The molecular weight excluding hydrogens is 595 g/mol. The zero-order valence-electron chi connectivity index (χ0n) is 23.3. The second-order valence-corrected chi connectivity index (χ2v) is 12.0. The Morgan fingerprint density at radius 1 is 1.07 bits per heavy atom. The SMILES string of the molecule is Cc1ccc(NS(=O)(=O)Cc2cc(C(F)(F)F)ccn2)cc1-c1cc2cnc(=Nc3cccc(CO)c3)nc-2n2c1NCC2. The van der Waals surface area contributed by atoms with Gasteiger partial charge in [-0.25, -0.2) is 18.4 Å². The maximum absolute atomic E-state index is 13.1. The minimum Gasteiger partial charge on any atom is -0.392 e. The normalized spacial score (nSPS) is 13.6. The molecular formula is C30H26F3N7O3S. The van der Waals surface area contributed by atoms with E-state index >= 15 is 0 Å². The summed E-state index contributed by atoms with van der Waals surface area (Å²) in [6.45, 7) is 3.08. The van der Waals surface area contributed by atoms with Crippen molar-refractivity contribution in [1.82, 2.24) is 19.5 Å². The molecule has 4 heterocycles. The fourth-order valence-corrected chi connectivity index (χ4v) is 6.18. The van der Waals surface area contributed by atoms with Crippen LogP contribution < -0.4 is 15.7 Å². The number of aliphatic hydroxyl groups excluding tert-OH is 1. The number of aryl methyl sites for hydroxylation is 1. The zero-order chi connectivity index (χ0) is 31.1. The lowest BCUT2D eigenvalue weighted by molar-refractivity contribution is -0.137. The zero-order valence-corrected chi connectivity index (χ0v) is 24.1. The number of sulfonamides is 1. The van der Waals surface area contributed by atoms with Crippen molar-refractivity contribution in [3.63, 3.8) is 0 Å². The largest absolute Gasteiger partial charge is 0.416 e. The molecule has 0 atom stereocenters. The summed E-state index contributed by atoms with van der Waals surface area (Å²) in [6, 6.07) is 15.7. The van der Waals surface area contributed by atoms with E-state index in [0.717, 1.165) is 52.0 Å². The monoisotopic (exact) mass is 621 g/mol. The van der Waals surface area contributed by atoms with E-state index in [1.807, 2.05) is 17.6 Å². The summed E-state index contributed by atoms with van der Waals surface area (Å²) in [4.78, 5) is 17.4. The standard InChI is InChI=1S/C30H26F3N7O3S/c1-18-5-6-23(39-44(42,43)17-24-13-21(7-8-34-24)30(31,32)33)14-25(18)26-12-20-15-36-29(37-22-4-2-3-19(11-22)16-41)38-27(20)40-10-9-35-28(26)40/h2-8,11-15,35,39,41H,9-10,16-17H2,1H3. The van der Waals surface area contributed by atoms with Crippen molar-refractivity contribution in [3.05, 3.63) is 101 Å². The van der Waals surface area contributed by atoms with E-state index in [-0.39, 0.29) is 23.6 Å². The second-order valence-electron chi connectivity index (χ2n) is 10.3. The number of aromatic nitrogens is 4. The van der Waals surface area contributed by atoms with Crippen molar-refractivity contribution in [1.29, 1.82) is 0 Å². The van der Waals surface area contributed by atoms with Crippen LogP contribution in [0.2, 0.25) is 0 Å². The number of anilines is 2. The number of alkyl halides is 3. The Morgan fingerprint density at radius 3 is 2.70 bits per heavy atom. The molecule has 3 aliphatic rings. The molecule has 3 N–H and O–H groups in total. The van der Waals surface area contributed by atoms with Crippen LogP contribution in [0.25, 0.3) is 22.5 Å². The molecule has 0 bridgehead atoms. The van der Waals surface area contributed by atoms with Gasteiger partial charge in [0, 0.05) is 42.3 Å². The minimum absolute atomic E-state index is 0.102. The number of halogens is 3. The highest BCUT2D eigenvalue weighted by Crippen LogP contribution is 2.39. The van der Waals surface area contributed by atoms with E-state index < -0.39 is 27.5 Å². The summed E-state index contributed by atoms with van der Waals surface area (Å²) in [5.41, 5.74) is 3.85. The van der Waals surface area contributed by atoms with E-state index in [1.54, 1.807) is 48.7 Å². The van der Waals surface area contributed by atoms with E-state index in [9.17, 15) is 26.7 Å². The number of benzene rings is 2. The third-order valence-corrected chi connectivity index (χ3v) is 8.32.